The quantitative estimate of drug-likeness (QED) is 0.255. The van der Waals surface area contributed by atoms with Crippen LogP contribution in [0.1, 0.15) is 43.9 Å². The number of hydrogen-bond donors (Lipinski definition) is 1. The zero-order valence-electron chi connectivity index (χ0n) is 24.0. The molecule has 0 aliphatic heterocycles. The molecule has 220 valence electrons. The molecule has 0 bridgehead atoms. The summed E-state index contributed by atoms with van der Waals surface area (Å²) in [4.78, 5) is 28.9. The smallest absolute Gasteiger partial charge is 0.264 e. The molecule has 3 aromatic carbocycles. The number of rotatable bonds is 12. The molecule has 0 aliphatic rings. The van der Waals surface area contributed by atoms with Crippen LogP contribution in [0.5, 0.6) is 0 Å². The third kappa shape index (κ3) is 8.47. The Morgan fingerprint density at radius 1 is 0.902 bits per heavy atom. The average molecular weight is 619 g/mol. The first-order valence-electron chi connectivity index (χ1n) is 13.5. The number of hydrogen-bond acceptors (Lipinski definition) is 4. The molecule has 0 aliphatic carbocycles. The van der Waals surface area contributed by atoms with Gasteiger partial charge in [-0.2, -0.15) is 0 Å². The summed E-state index contributed by atoms with van der Waals surface area (Å²) in [6, 6.07) is 17.5. The van der Waals surface area contributed by atoms with E-state index in [4.69, 9.17) is 23.2 Å². The Kier molecular flexibility index (Phi) is 11.2. The van der Waals surface area contributed by atoms with Gasteiger partial charge in [0.05, 0.1) is 10.6 Å². The predicted molar refractivity (Wildman–Crippen MR) is 166 cm³/mol. The Hall–Kier alpha value is -3.07. The van der Waals surface area contributed by atoms with E-state index in [2.05, 4.69) is 5.32 Å². The van der Waals surface area contributed by atoms with E-state index in [-0.39, 0.29) is 23.3 Å². The van der Waals surface area contributed by atoms with Crippen molar-refractivity contribution in [3.05, 3.63) is 93.5 Å². The predicted octanol–water partition coefficient (Wildman–Crippen LogP) is 6.39. The fourth-order valence-corrected chi connectivity index (χ4v) is 6.21. The molecule has 1 atom stereocenters. The molecule has 0 radical (unpaired) electrons. The van der Waals surface area contributed by atoms with Gasteiger partial charge in [-0.1, -0.05) is 73.8 Å². The minimum absolute atomic E-state index is 0.0521. The lowest BCUT2D eigenvalue weighted by Crippen LogP contribution is -2.52. The molecule has 0 aromatic heterocycles. The van der Waals surface area contributed by atoms with Crippen LogP contribution in [0.15, 0.2) is 71.6 Å². The molecule has 0 saturated heterocycles. The van der Waals surface area contributed by atoms with Gasteiger partial charge in [0.1, 0.15) is 12.6 Å². The summed E-state index contributed by atoms with van der Waals surface area (Å²) >= 11 is 12.3. The van der Waals surface area contributed by atoms with Crippen molar-refractivity contribution in [1.82, 2.24) is 10.2 Å². The van der Waals surface area contributed by atoms with E-state index >= 15 is 0 Å². The second-order valence-corrected chi connectivity index (χ2v) is 13.2. The van der Waals surface area contributed by atoms with Crippen molar-refractivity contribution in [3.63, 3.8) is 0 Å². The van der Waals surface area contributed by atoms with Gasteiger partial charge in [0.2, 0.25) is 11.8 Å². The molecule has 0 saturated carbocycles. The van der Waals surface area contributed by atoms with Gasteiger partial charge in [0.25, 0.3) is 10.0 Å². The number of anilines is 1. The Labute approximate surface area is 253 Å². The monoisotopic (exact) mass is 617 g/mol. The van der Waals surface area contributed by atoms with E-state index in [1.165, 1.54) is 17.0 Å². The van der Waals surface area contributed by atoms with Crippen molar-refractivity contribution in [3.8, 4) is 0 Å². The minimum atomic E-state index is -4.16. The maximum atomic E-state index is 14.1. The maximum Gasteiger partial charge on any atom is 0.264 e. The third-order valence-corrected chi connectivity index (χ3v) is 8.91. The Bertz CT molecular complexity index is 1460. The SMILES string of the molecule is CCC(C(=O)NCC(C)C)N(Cc1ccc(Cl)cc1)C(=O)CN(c1ccc(Cl)cc1C)S(=O)(=O)c1ccc(C)cc1. The van der Waals surface area contributed by atoms with Gasteiger partial charge >= 0.3 is 0 Å². The van der Waals surface area contributed by atoms with Crippen molar-refractivity contribution in [2.75, 3.05) is 17.4 Å². The lowest BCUT2D eigenvalue weighted by molar-refractivity contribution is -0.140. The zero-order valence-corrected chi connectivity index (χ0v) is 26.4. The number of sulfonamides is 1. The summed E-state index contributed by atoms with van der Waals surface area (Å²) in [7, 11) is -4.16. The lowest BCUT2D eigenvalue weighted by Gasteiger charge is -2.33. The number of halogens is 2. The molecule has 1 unspecified atom stereocenters. The van der Waals surface area contributed by atoms with Crippen molar-refractivity contribution in [2.24, 2.45) is 5.92 Å². The van der Waals surface area contributed by atoms with Gasteiger partial charge in [-0.05, 0) is 79.8 Å². The van der Waals surface area contributed by atoms with Gasteiger partial charge in [-0.3, -0.25) is 13.9 Å². The molecular formula is C31H37Cl2N3O4S. The van der Waals surface area contributed by atoms with E-state index < -0.39 is 28.5 Å². The van der Waals surface area contributed by atoms with Gasteiger partial charge in [0.15, 0.2) is 0 Å². The largest absolute Gasteiger partial charge is 0.354 e. The zero-order chi connectivity index (χ0) is 30.3. The topological polar surface area (TPSA) is 86.8 Å². The van der Waals surface area contributed by atoms with E-state index in [9.17, 15) is 18.0 Å². The summed E-state index contributed by atoms with van der Waals surface area (Å²) < 4.78 is 29.1. The maximum absolute atomic E-state index is 14.1. The van der Waals surface area contributed by atoms with Gasteiger partial charge < -0.3 is 10.2 Å². The van der Waals surface area contributed by atoms with E-state index in [0.717, 1.165) is 15.4 Å². The molecule has 0 spiro atoms. The second-order valence-electron chi connectivity index (χ2n) is 10.5. The average Bonchev–Trinajstić information content (AvgIpc) is 2.92. The van der Waals surface area contributed by atoms with Gasteiger partial charge in [-0.25, -0.2) is 8.42 Å². The number of carbonyl (C=O) groups excluding carboxylic acids is 2. The number of benzene rings is 3. The highest BCUT2D eigenvalue weighted by molar-refractivity contribution is 7.92. The van der Waals surface area contributed by atoms with Crippen molar-refractivity contribution < 1.29 is 18.0 Å². The second kappa shape index (κ2) is 14.2. The van der Waals surface area contributed by atoms with E-state index in [0.29, 0.717) is 34.3 Å². The van der Waals surface area contributed by atoms with Crippen LogP contribution in [0, 0.1) is 19.8 Å². The molecule has 0 fully saturated rings. The van der Waals surface area contributed by atoms with Gasteiger partial charge in [0, 0.05) is 23.1 Å². The molecular weight excluding hydrogens is 581 g/mol. The highest BCUT2D eigenvalue weighted by atomic mass is 35.5. The molecule has 0 heterocycles. The molecule has 3 aromatic rings. The summed E-state index contributed by atoms with van der Waals surface area (Å²) in [5.74, 6) is -0.587. The fraction of sp³-hybridized carbons (Fsp3) is 0.355. The molecule has 1 N–H and O–H groups in total. The molecule has 10 heteroatoms. The van der Waals surface area contributed by atoms with Crippen molar-refractivity contribution in [2.45, 2.75) is 58.5 Å². The standard InChI is InChI=1S/C31H37Cl2N3O4S/c1-6-28(31(38)34-18-21(2)3)35(19-24-9-11-25(32)12-10-24)30(37)20-36(29-16-13-26(33)17-23(29)5)41(39,40)27-14-7-22(4)8-15-27/h7-17,21,28H,6,18-20H2,1-5H3,(H,34,38). The Morgan fingerprint density at radius 2 is 1.51 bits per heavy atom. The number of amides is 2. The summed E-state index contributed by atoms with van der Waals surface area (Å²) in [5.41, 5.74) is 2.58. The van der Waals surface area contributed by atoms with Crippen LogP contribution in [0.2, 0.25) is 10.0 Å². The summed E-state index contributed by atoms with van der Waals surface area (Å²) in [5, 5.41) is 3.91. The highest BCUT2D eigenvalue weighted by Gasteiger charge is 2.34. The first kappa shape index (κ1) is 32.4. The number of aryl methyl sites for hydroxylation is 2. The summed E-state index contributed by atoms with van der Waals surface area (Å²) in [6.07, 6.45) is 0.341. The number of nitrogens with zero attached hydrogens (tertiary/aromatic N) is 2. The lowest BCUT2D eigenvalue weighted by atomic mass is 10.1. The van der Waals surface area contributed by atoms with Crippen LogP contribution in [0.3, 0.4) is 0 Å². The normalized spacial score (nSPS) is 12.2. The molecule has 7 nitrogen and oxygen atoms in total. The Balaban J connectivity index is 2.07. The van der Waals surface area contributed by atoms with Crippen LogP contribution in [-0.4, -0.2) is 44.3 Å². The van der Waals surface area contributed by atoms with Crippen LogP contribution in [0.4, 0.5) is 5.69 Å². The fourth-order valence-electron chi connectivity index (χ4n) is 4.38. The Morgan fingerprint density at radius 3 is 2.07 bits per heavy atom. The first-order valence-corrected chi connectivity index (χ1v) is 15.7. The highest BCUT2D eigenvalue weighted by Crippen LogP contribution is 2.30. The van der Waals surface area contributed by atoms with Crippen LogP contribution in [0.25, 0.3) is 0 Å². The van der Waals surface area contributed by atoms with Crippen molar-refractivity contribution >= 4 is 50.7 Å². The van der Waals surface area contributed by atoms with E-state index in [1.807, 2.05) is 27.7 Å². The summed E-state index contributed by atoms with van der Waals surface area (Å²) in [6.45, 7) is 9.44. The molecule has 3 rings (SSSR count). The minimum Gasteiger partial charge on any atom is -0.354 e. The van der Waals surface area contributed by atoms with Crippen LogP contribution < -0.4 is 9.62 Å². The van der Waals surface area contributed by atoms with Crippen molar-refractivity contribution in [1.29, 1.82) is 0 Å². The van der Waals surface area contributed by atoms with Gasteiger partial charge in [-0.15, -0.1) is 0 Å². The van der Waals surface area contributed by atoms with Crippen LogP contribution >= 0.6 is 23.2 Å². The van der Waals surface area contributed by atoms with Crippen LogP contribution in [-0.2, 0) is 26.2 Å². The third-order valence-electron chi connectivity index (χ3n) is 6.65. The molecule has 2 amide bonds. The first-order chi connectivity index (χ1) is 19.3. The van der Waals surface area contributed by atoms with E-state index in [1.54, 1.807) is 61.5 Å². The molecule has 41 heavy (non-hydrogen) atoms. The number of carbonyl (C=O) groups is 2. The number of nitrogens with one attached hydrogen (secondary N) is 1.